The SMILES string of the molecule is CSSC(C)(C)CCC(=O)c1cc(-c2ccc(NC(=O)c3nc(C)cn3C)nc2)cn1C. The number of nitrogens with one attached hydrogen (secondary N) is 1. The van der Waals surface area contributed by atoms with Crippen LogP contribution < -0.4 is 5.32 Å². The molecule has 3 aromatic heterocycles. The van der Waals surface area contributed by atoms with E-state index in [1.54, 1.807) is 51.7 Å². The number of hydrogen-bond acceptors (Lipinski definition) is 6. The van der Waals surface area contributed by atoms with Gasteiger partial charge in [-0.15, -0.1) is 0 Å². The van der Waals surface area contributed by atoms with Gasteiger partial charge in [-0.25, -0.2) is 9.97 Å². The number of aromatic nitrogens is 4. The molecular weight excluding hydrogens is 442 g/mol. The molecule has 0 fully saturated rings. The van der Waals surface area contributed by atoms with Crippen molar-refractivity contribution in [2.75, 3.05) is 11.6 Å². The van der Waals surface area contributed by atoms with Crippen LogP contribution in [0.25, 0.3) is 11.1 Å². The molecular formula is C23H29N5O2S2. The summed E-state index contributed by atoms with van der Waals surface area (Å²) in [5.41, 5.74) is 3.26. The molecule has 0 aromatic carbocycles. The Labute approximate surface area is 196 Å². The first-order chi connectivity index (χ1) is 15.1. The van der Waals surface area contributed by atoms with Gasteiger partial charge in [-0.3, -0.25) is 9.59 Å². The number of carbonyl (C=O) groups is 2. The Morgan fingerprint density at radius 2 is 1.88 bits per heavy atom. The van der Waals surface area contributed by atoms with Crippen LogP contribution >= 0.6 is 21.6 Å². The van der Waals surface area contributed by atoms with Crippen molar-refractivity contribution in [1.82, 2.24) is 19.1 Å². The third-order valence-corrected chi connectivity index (χ3v) is 7.77. The summed E-state index contributed by atoms with van der Waals surface area (Å²) >= 11 is 0. The average molecular weight is 472 g/mol. The second kappa shape index (κ2) is 9.95. The lowest BCUT2D eigenvalue weighted by molar-refractivity contribution is 0.0968. The van der Waals surface area contributed by atoms with Gasteiger partial charge in [0.2, 0.25) is 0 Å². The molecule has 0 aliphatic carbocycles. The van der Waals surface area contributed by atoms with Gasteiger partial charge in [0, 0.05) is 55.0 Å². The quantitative estimate of drug-likeness (QED) is 0.344. The minimum Gasteiger partial charge on any atom is -0.348 e. The van der Waals surface area contributed by atoms with Gasteiger partial charge in [-0.2, -0.15) is 0 Å². The van der Waals surface area contributed by atoms with Gasteiger partial charge in [-0.1, -0.05) is 21.6 Å². The van der Waals surface area contributed by atoms with Crippen LogP contribution in [0.4, 0.5) is 5.82 Å². The maximum atomic E-state index is 12.8. The molecule has 0 saturated carbocycles. The summed E-state index contributed by atoms with van der Waals surface area (Å²) in [6, 6.07) is 5.54. The lowest BCUT2D eigenvalue weighted by Crippen LogP contribution is -2.17. The second-order valence-electron chi connectivity index (χ2n) is 8.36. The Balaban J connectivity index is 1.68. The molecule has 3 heterocycles. The maximum absolute atomic E-state index is 12.8. The fraction of sp³-hybridized carbons (Fsp3) is 0.391. The molecule has 0 aliphatic heterocycles. The van der Waals surface area contributed by atoms with Gasteiger partial charge in [0.15, 0.2) is 11.6 Å². The third-order valence-electron chi connectivity index (χ3n) is 5.09. The van der Waals surface area contributed by atoms with Gasteiger partial charge in [0.1, 0.15) is 5.82 Å². The smallest absolute Gasteiger partial charge is 0.292 e. The number of amides is 1. The fourth-order valence-corrected chi connectivity index (χ4v) is 5.69. The number of ketones is 1. The first-order valence-electron chi connectivity index (χ1n) is 10.3. The molecule has 0 unspecified atom stereocenters. The van der Waals surface area contributed by atoms with Crippen LogP contribution in [0.3, 0.4) is 0 Å². The Bertz CT molecular complexity index is 1120. The number of carbonyl (C=O) groups excluding carboxylic acids is 2. The minimum absolute atomic E-state index is 0.0564. The number of pyridine rings is 1. The van der Waals surface area contributed by atoms with Crippen LogP contribution in [0.15, 0.2) is 36.8 Å². The lowest BCUT2D eigenvalue weighted by Gasteiger charge is -2.21. The van der Waals surface area contributed by atoms with Crippen molar-refractivity contribution in [3.8, 4) is 11.1 Å². The molecule has 7 nitrogen and oxygen atoms in total. The predicted octanol–water partition coefficient (Wildman–Crippen LogP) is 5.13. The average Bonchev–Trinajstić information content (AvgIpc) is 3.28. The van der Waals surface area contributed by atoms with Gasteiger partial charge in [0.05, 0.1) is 11.4 Å². The number of hydrogen-bond donors (Lipinski definition) is 1. The van der Waals surface area contributed by atoms with Gasteiger partial charge in [0.25, 0.3) is 5.91 Å². The van der Waals surface area contributed by atoms with Crippen molar-refractivity contribution in [3.63, 3.8) is 0 Å². The molecule has 3 rings (SSSR count). The van der Waals surface area contributed by atoms with Crippen LogP contribution in [0, 0.1) is 6.92 Å². The van der Waals surface area contributed by atoms with Crippen LogP contribution in [0.2, 0.25) is 0 Å². The van der Waals surface area contributed by atoms with Crippen molar-refractivity contribution in [2.24, 2.45) is 14.1 Å². The normalized spacial score (nSPS) is 11.6. The molecule has 0 saturated heterocycles. The van der Waals surface area contributed by atoms with E-state index in [2.05, 4.69) is 35.4 Å². The summed E-state index contributed by atoms with van der Waals surface area (Å²) in [4.78, 5) is 33.8. The van der Waals surface area contributed by atoms with Crippen LogP contribution in [-0.4, -0.2) is 41.8 Å². The summed E-state index contributed by atoms with van der Waals surface area (Å²) in [5.74, 6) is 0.602. The molecule has 0 bridgehead atoms. The van der Waals surface area contributed by atoms with E-state index in [-0.39, 0.29) is 16.4 Å². The van der Waals surface area contributed by atoms with Crippen LogP contribution in [0.1, 0.15) is 53.5 Å². The molecule has 1 amide bonds. The Kier molecular flexibility index (Phi) is 7.51. The number of anilines is 1. The van der Waals surface area contributed by atoms with Crippen LogP contribution in [-0.2, 0) is 14.1 Å². The Morgan fingerprint density at radius 1 is 1.12 bits per heavy atom. The molecule has 0 atom stereocenters. The highest BCUT2D eigenvalue weighted by molar-refractivity contribution is 8.76. The van der Waals surface area contributed by atoms with Crippen molar-refractivity contribution < 1.29 is 9.59 Å². The van der Waals surface area contributed by atoms with E-state index in [0.717, 1.165) is 23.2 Å². The van der Waals surface area contributed by atoms with Gasteiger partial charge < -0.3 is 14.5 Å². The highest BCUT2D eigenvalue weighted by Crippen LogP contribution is 2.37. The number of Topliss-reactive ketones (excluding diaryl/α,β-unsaturated/α-hetero) is 1. The highest BCUT2D eigenvalue weighted by Gasteiger charge is 2.22. The van der Waals surface area contributed by atoms with Gasteiger partial charge >= 0.3 is 0 Å². The van der Waals surface area contributed by atoms with E-state index in [1.165, 1.54) is 0 Å². The topological polar surface area (TPSA) is 81.8 Å². The zero-order valence-electron chi connectivity index (χ0n) is 19.3. The molecule has 1 N–H and O–H groups in total. The summed E-state index contributed by atoms with van der Waals surface area (Å²) in [5, 5.41) is 2.77. The molecule has 3 aromatic rings. The second-order valence-corrected chi connectivity index (χ2v) is 11.5. The van der Waals surface area contributed by atoms with E-state index in [1.807, 2.05) is 36.9 Å². The number of rotatable bonds is 9. The molecule has 0 radical (unpaired) electrons. The Morgan fingerprint density at radius 3 is 2.47 bits per heavy atom. The summed E-state index contributed by atoms with van der Waals surface area (Å²) in [6.07, 6.45) is 8.81. The van der Waals surface area contributed by atoms with Crippen molar-refractivity contribution in [3.05, 3.63) is 54.0 Å². The molecule has 170 valence electrons. The van der Waals surface area contributed by atoms with Crippen molar-refractivity contribution >= 4 is 39.1 Å². The van der Waals surface area contributed by atoms with E-state index in [0.29, 0.717) is 23.8 Å². The monoisotopic (exact) mass is 471 g/mol. The van der Waals surface area contributed by atoms with E-state index < -0.39 is 0 Å². The highest BCUT2D eigenvalue weighted by atomic mass is 33.1. The maximum Gasteiger partial charge on any atom is 0.292 e. The summed E-state index contributed by atoms with van der Waals surface area (Å²) in [6.45, 7) is 6.17. The van der Waals surface area contributed by atoms with E-state index >= 15 is 0 Å². The zero-order chi connectivity index (χ0) is 23.5. The predicted molar refractivity (Wildman–Crippen MR) is 133 cm³/mol. The number of imidazole rings is 1. The minimum atomic E-state index is -0.309. The largest absolute Gasteiger partial charge is 0.348 e. The fourth-order valence-electron chi connectivity index (χ4n) is 3.45. The zero-order valence-corrected chi connectivity index (χ0v) is 20.9. The summed E-state index contributed by atoms with van der Waals surface area (Å²) in [7, 11) is 7.19. The first-order valence-corrected chi connectivity index (χ1v) is 12.8. The Hall–Kier alpha value is -2.52. The number of nitrogens with zero attached hydrogens (tertiary/aromatic N) is 4. The van der Waals surface area contributed by atoms with E-state index in [4.69, 9.17) is 0 Å². The standard InChI is InChI=1S/C23H29N5O2S2/c1-15-13-28(5)21(25-15)22(30)26-20-8-7-16(12-24-20)17-11-18(27(4)14-17)19(29)9-10-23(2,3)32-31-6/h7-8,11-14H,9-10H2,1-6H3,(H,24,26,30). The summed E-state index contributed by atoms with van der Waals surface area (Å²) < 4.78 is 3.61. The molecule has 32 heavy (non-hydrogen) atoms. The molecule has 0 spiro atoms. The van der Waals surface area contributed by atoms with E-state index in [9.17, 15) is 9.59 Å². The first kappa shape index (κ1) is 24.1. The van der Waals surface area contributed by atoms with Crippen molar-refractivity contribution in [2.45, 2.75) is 38.4 Å². The molecule has 9 heteroatoms. The molecule has 0 aliphatic rings. The third kappa shape index (κ3) is 5.83. The van der Waals surface area contributed by atoms with Crippen molar-refractivity contribution in [1.29, 1.82) is 0 Å². The van der Waals surface area contributed by atoms with Crippen LogP contribution in [0.5, 0.6) is 0 Å². The lowest BCUT2D eigenvalue weighted by atomic mass is 10.0. The van der Waals surface area contributed by atoms with Gasteiger partial charge in [-0.05, 0) is 51.6 Å². The number of aryl methyl sites for hydroxylation is 3.